The van der Waals surface area contributed by atoms with Crippen LogP contribution in [0.4, 0.5) is 0 Å². The molecule has 1 N–H and O–H groups in total. The maximum atomic E-state index is 12.6. The molecule has 0 aliphatic rings. The minimum Gasteiger partial charge on any atom is -0.459 e. The highest BCUT2D eigenvalue weighted by atomic mass is 16.5. The molecule has 0 fully saturated rings. The van der Waals surface area contributed by atoms with Crippen molar-refractivity contribution < 1.29 is 24.2 Å². The largest absolute Gasteiger partial charge is 0.459 e. The summed E-state index contributed by atoms with van der Waals surface area (Å²) in [5.41, 5.74) is 3.42. The third-order valence-electron chi connectivity index (χ3n) is 6.92. The molecule has 3 rings (SSSR count). The van der Waals surface area contributed by atoms with Crippen LogP contribution in [0.5, 0.6) is 5.75 Å². The Morgan fingerprint density at radius 1 is 0.875 bits per heavy atom. The zero-order valence-electron chi connectivity index (χ0n) is 24.2. The van der Waals surface area contributed by atoms with Crippen LogP contribution in [0, 0.1) is 0 Å². The number of aliphatic hydroxyl groups is 1. The number of carbonyl (C=O) groups excluding carboxylic acids is 2. The topological polar surface area (TPSA) is 76.1 Å². The molecule has 0 aliphatic heterocycles. The highest BCUT2D eigenvalue weighted by Gasteiger charge is 2.24. The quantitative estimate of drug-likeness (QED) is 0.149. The van der Waals surface area contributed by atoms with Gasteiger partial charge in [0.1, 0.15) is 12.4 Å². The van der Waals surface area contributed by atoms with Gasteiger partial charge in [0.05, 0.1) is 0 Å². The molecule has 0 amide bonds. The van der Waals surface area contributed by atoms with Gasteiger partial charge in [-0.15, -0.1) is 0 Å². The molecule has 0 saturated heterocycles. The maximum absolute atomic E-state index is 12.6. The molecule has 1 unspecified atom stereocenters. The minimum atomic E-state index is -1.37. The number of ether oxygens (including phenoxy) is 2. The van der Waals surface area contributed by atoms with Crippen molar-refractivity contribution in [2.45, 2.75) is 71.8 Å². The fourth-order valence-electron chi connectivity index (χ4n) is 4.82. The summed E-state index contributed by atoms with van der Waals surface area (Å²) in [4.78, 5) is 27.6. The molecule has 6 nitrogen and oxygen atoms in total. The lowest BCUT2D eigenvalue weighted by Crippen LogP contribution is -2.38. The van der Waals surface area contributed by atoms with Crippen LogP contribution in [0.1, 0.15) is 75.3 Å². The van der Waals surface area contributed by atoms with Gasteiger partial charge in [-0.2, -0.15) is 0 Å². The Morgan fingerprint density at radius 3 is 2.00 bits per heavy atom. The first-order valence-electron chi connectivity index (χ1n) is 13.8. The van der Waals surface area contributed by atoms with Crippen molar-refractivity contribution in [2.75, 3.05) is 6.54 Å². The van der Waals surface area contributed by atoms with Gasteiger partial charge in [-0.05, 0) is 76.4 Å². The molecule has 6 heteroatoms. The van der Waals surface area contributed by atoms with E-state index in [0.29, 0.717) is 29.0 Å². The van der Waals surface area contributed by atoms with Crippen molar-refractivity contribution in [3.05, 3.63) is 113 Å². The lowest BCUT2D eigenvalue weighted by Gasteiger charge is -2.32. The molecule has 0 spiro atoms. The summed E-state index contributed by atoms with van der Waals surface area (Å²) in [6, 6.07) is 25.0. The summed E-state index contributed by atoms with van der Waals surface area (Å²) < 4.78 is 11.3. The number of esters is 2. The van der Waals surface area contributed by atoms with Crippen molar-refractivity contribution in [3.8, 4) is 5.75 Å². The number of rotatable bonds is 13. The van der Waals surface area contributed by atoms with Gasteiger partial charge in [0.15, 0.2) is 6.10 Å². The summed E-state index contributed by atoms with van der Waals surface area (Å²) in [6.07, 6.45) is -0.583. The highest BCUT2D eigenvalue weighted by molar-refractivity contribution is 5.89. The van der Waals surface area contributed by atoms with Crippen LogP contribution < -0.4 is 4.74 Å². The molecule has 0 aliphatic carbocycles. The number of hydrogen-bond acceptors (Lipinski definition) is 6. The van der Waals surface area contributed by atoms with Crippen molar-refractivity contribution in [2.24, 2.45) is 0 Å². The first kappa shape index (κ1) is 30.8. The van der Waals surface area contributed by atoms with Crippen LogP contribution >= 0.6 is 0 Å². The van der Waals surface area contributed by atoms with Crippen LogP contribution in [-0.2, 0) is 20.9 Å². The van der Waals surface area contributed by atoms with E-state index in [1.54, 1.807) is 43.3 Å². The van der Waals surface area contributed by atoms with Gasteiger partial charge in [-0.1, -0.05) is 73.3 Å². The van der Waals surface area contributed by atoms with E-state index in [1.165, 1.54) is 0 Å². The molecular weight excluding hydrogens is 502 g/mol. The smallest absolute Gasteiger partial charge is 0.339 e. The SMILES string of the molecule is C=C(C)C(=O)Oc1ccc(COC(=O)[C@H](O)c2ccccc2)cc1C(CCN(C(C)C)C(C)C)c1ccccc1. The van der Waals surface area contributed by atoms with Crippen LogP contribution in [0.15, 0.2) is 91.0 Å². The third kappa shape index (κ3) is 8.38. The maximum Gasteiger partial charge on any atom is 0.339 e. The molecule has 0 aromatic heterocycles. The molecule has 0 heterocycles. The molecule has 0 saturated carbocycles. The number of benzene rings is 3. The van der Waals surface area contributed by atoms with Crippen LogP contribution in [-0.4, -0.2) is 40.6 Å². The number of aliphatic hydroxyl groups excluding tert-OH is 1. The number of carbonyl (C=O) groups is 2. The zero-order chi connectivity index (χ0) is 29.2. The molecule has 0 bridgehead atoms. The van der Waals surface area contributed by atoms with Gasteiger partial charge in [0.2, 0.25) is 0 Å². The second-order valence-electron chi connectivity index (χ2n) is 10.6. The van der Waals surface area contributed by atoms with E-state index in [-0.39, 0.29) is 12.5 Å². The van der Waals surface area contributed by atoms with Gasteiger partial charge in [0.25, 0.3) is 0 Å². The molecule has 3 aromatic rings. The summed E-state index contributed by atoms with van der Waals surface area (Å²) in [5, 5.41) is 10.4. The fourth-order valence-corrected chi connectivity index (χ4v) is 4.82. The average Bonchev–Trinajstić information content (AvgIpc) is 2.94. The summed E-state index contributed by atoms with van der Waals surface area (Å²) >= 11 is 0. The van der Waals surface area contributed by atoms with Crippen molar-refractivity contribution in [1.82, 2.24) is 4.90 Å². The van der Waals surface area contributed by atoms with Gasteiger partial charge in [-0.3, -0.25) is 4.90 Å². The highest BCUT2D eigenvalue weighted by Crippen LogP contribution is 2.36. The fraction of sp³-hybridized carbons (Fsp3) is 0.353. The van der Waals surface area contributed by atoms with Crippen LogP contribution in [0.3, 0.4) is 0 Å². The van der Waals surface area contributed by atoms with Crippen molar-refractivity contribution in [1.29, 1.82) is 0 Å². The zero-order valence-corrected chi connectivity index (χ0v) is 24.2. The molecule has 212 valence electrons. The van der Waals surface area contributed by atoms with E-state index in [0.717, 1.165) is 29.7 Å². The van der Waals surface area contributed by atoms with E-state index in [2.05, 4.69) is 51.3 Å². The normalized spacial score (nSPS) is 12.8. The predicted octanol–water partition coefficient (Wildman–Crippen LogP) is 6.59. The van der Waals surface area contributed by atoms with E-state index in [1.807, 2.05) is 30.3 Å². The van der Waals surface area contributed by atoms with Gasteiger partial charge in [0, 0.05) is 29.1 Å². The van der Waals surface area contributed by atoms with E-state index in [9.17, 15) is 14.7 Å². The van der Waals surface area contributed by atoms with Gasteiger partial charge >= 0.3 is 11.9 Å². The molecule has 0 radical (unpaired) electrons. The first-order chi connectivity index (χ1) is 19.1. The predicted molar refractivity (Wildman–Crippen MR) is 158 cm³/mol. The lowest BCUT2D eigenvalue weighted by atomic mass is 9.86. The Balaban J connectivity index is 1.95. The van der Waals surface area contributed by atoms with Crippen LogP contribution in [0.25, 0.3) is 0 Å². The Hall–Kier alpha value is -3.74. The van der Waals surface area contributed by atoms with Crippen LogP contribution in [0.2, 0.25) is 0 Å². The Bertz CT molecular complexity index is 1260. The summed E-state index contributed by atoms with van der Waals surface area (Å²) in [7, 11) is 0. The summed E-state index contributed by atoms with van der Waals surface area (Å²) in [5.74, 6) is -0.861. The van der Waals surface area contributed by atoms with E-state index in [4.69, 9.17) is 9.47 Å². The minimum absolute atomic E-state index is 0.0317. The number of hydrogen-bond donors (Lipinski definition) is 1. The molecule has 3 aromatic carbocycles. The standard InChI is InChI=1S/C34H41NO5/c1-23(2)33(37)40-31-18-17-26(22-39-34(38)32(36)28-15-11-8-12-16-28)21-30(31)29(27-13-9-7-10-14-27)19-20-35(24(3)4)25(5)6/h7-18,21,24-25,29,32,36H,1,19-20,22H2,2-6H3/t29?,32-/m1/s1. The van der Waals surface area contributed by atoms with Crippen molar-refractivity contribution in [3.63, 3.8) is 0 Å². The van der Waals surface area contributed by atoms with Gasteiger partial charge < -0.3 is 14.6 Å². The number of nitrogens with zero attached hydrogens (tertiary/aromatic N) is 1. The third-order valence-corrected chi connectivity index (χ3v) is 6.92. The molecule has 2 atom stereocenters. The Kier molecular flexibility index (Phi) is 11.2. The monoisotopic (exact) mass is 543 g/mol. The molecule has 40 heavy (non-hydrogen) atoms. The van der Waals surface area contributed by atoms with Crippen molar-refractivity contribution >= 4 is 11.9 Å². The Morgan fingerprint density at radius 2 is 1.45 bits per heavy atom. The second-order valence-corrected chi connectivity index (χ2v) is 10.6. The average molecular weight is 544 g/mol. The molecular formula is C34H41NO5. The lowest BCUT2D eigenvalue weighted by molar-refractivity contribution is -0.155. The van der Waals surface area contributed by atoms with E-state index >= 15 is 0 Å². The van der Waals surface area contributed by atoms with E-state index < -0.39 is 18.0 Å². The summed E-state index contributed by atoms with van der Waals surface area (Å²) in [6.45, 7) is 14.9. The van der Waals surface area contributed by atoms with Gasteiger partial charge in [-0.25, -0.2) is 9.59 Å². The second kappa shape index (κ2) is 14.6. The first-order valence-corrected chi connectivity index (χ1v) is 13.8. The Labute approximate surface area is 238 Å².